The zero-order valence-electron chi connectivity index (χ0n) is 19.0. The monoisotopic (exact) mass is 425 g/mol. The molecule has 0 spiro atoms. The van der Waals surface area contributed by atoms with Crippen molar-refractivity contribution in [3.63, 3.8) is 0 Å². The SMILES string of the molecule is CCNC(=NCCCc1cn(-c2ccccc2)nc1C)N1CCC(C(=O)OCC)CC1. The highest BCUT2D eigenvalue weighted by atomic mass is 16.5. The molecule has 0 saturated carbocycles. The predicted molar refractivity (Wildman–Crippen MR) is 124 cm³/mol. The summed E-state index contributed by atoms with van der Waals surface area (Å²) in [7, 11) is 0. The first kappa shape index (κ1) is 22.8. The third kappa shape index (κ3) is 6.32. The standard InChI is InChI=1S/C24H35N5O2/c1-4-25-24(28-16-13-20(14-17-28)23(30)31-5-2)26-15-9-10-21-18-29(27-19(21)3)22-11-7-6-8-12-22/h6-8,11-12,18,20H,4-5,9-10,13-17H2,1-3H3,(H,25,26). The van der Waals surface area contributed by atoms with Crippen LogP contribution < -0.4 is 5.32 Å². The average molecular weight is 426 g/mol. The number of ether oxygens (including phenoxy) is 1. The molecule has 168 valence electrons. The predicted octanol–water partition coefficient (Wildman–Crippen LogP) is 3.35. The number of para-hydroxylation sites is 1. The van der Waals surface area contributed by atoms with Crippen molar-refractivity contribution in [2.45, 2.75) is 46.5 Å². The van der Waals surface area contributed by atoms with Gasteiger partial charge in [-0.15, -0.1) is 0 Å². The Morgan fingerprint density at radius 3 is 2.65 bits per heavy atom. The normalized spacial score (nSPS) is 15.2. The Kier molecular flexibility index (Phi) is 8.50. The first-order valence-corrected chi connectivity index (χ1v) is 11.4. The van der Waals surface area contributed by atoms with Crippen molar-refractivity contribution in [1.29, 1.82) is 0 Å². The molecule has 7 nitrogen and oxygen atoms in total. The number of carbonyl (C=O) groups excluding carboxylic acids is 1. The number of hydrogen-bond acceptors (Lipinski definition) is 4. The molecule has 1 fully saturated rings. The Bertz CT molecular complexity index is 854. The Morgan fingerprint density at radius 1 is 1.23 bits per heavy atom. The molecule has 3 rings (SSSR count). The van der Waals surface area contributed by atoms with Crippen molar-refractivity contribution in [3.8, 4) is 5.69 Å². The van der Waals surface area contributed by atoms with E-state index < -0.39 is 0 Å². The van der Waals surface area contributed by atoms with Crippen LogP contribution in [0.5, 0.6) is 0 Å². The number of esters is 1. The lowest BCUT2D eigenvalue weighted by atomic mass is 9.97. The van der Waals surface area contributed by atoms with E-state index in [1.54, 1.807) is 0 Å². The van der Waals surface area contributed by atoms with E-state index in [0.717, 1.165) is 69.2 Å². The fourth-order valence-corrected chi connectivity index (χ4v) is 3.92. The summed E-state index contributed by atoms with van der Waals surface area (Å²) in [5, 5.41) is 8.06. The van der Waals surface area contributed by atoms with Gasteiger partial charge in [-0.05, 0) is 64.2 Å². The van der Waals surface area contributed by atoms with Gasteiger partial charge in [-0.25, -0.2) is 4.68 Å². The van der Waals surface area contributed by atoms with E-state index in [-0.39, 0.29) is 11.9 Å². The second-order valence-corrected chi connectivity index (χ2v) is 7.87. The smallest absolute Gasteiger partial charge is 0.309 e. The second-order valence-electron chi connectivity index (χ2n) is 7.87. The number of aromatic nitrogens is 2. The minimum Gasteiger partial charge on any atom is -0.466 e. The van der Waals surface area contributed by atoms with E-state index in [2.05, 4.69) is 47.5 Å². The van der Waals surface area contributed by atoms with Crippen molar-refractivity contribution in [2.24, 2.45) is 10.9 Å². The number of hydrogen-bond donors (Lipinski definition) is 1. The van der Waals surface area contributed by atoms with Crippen molar-refractivity contribution < 1.29 is 9.53 Å². The van der Waals surface area contributed by atoms with Gasteiger partial charge >= 0.3 is 5.97 Å². The molecule has 0 aliphatic carbocycles. The van der Waals surface area contributed by atoms with E-state index >= 15 is 0 Å². The summed E-state index contributed by atoms with van der Waals surface area (Å²) in [5.41, 5.74) is 3.41. The van der Waals surface area contributed by atoms with Crippen LogP contribution in [-0.2, 0) is 16.0 Å². The molecule has 0 amide bonds. The van der Waals surface area contributed by atoms with Crippen molar-refractivity contribution in [3.05, 3.63) is 47.8 Å². The van der Waals surface area contributed by atoms with E-state index in [9.17, 15) is 4.79 Å². The van der Waals surface area contributed by atoms with E-state index in [0.29, 0.717) is 6.61 Å². The lowest BCUT2D eigenvalue weighted by molar-refractivity contribution is -0.149. The van der Waals surface area contributed by atoms with Gasteiger partial charge in [0.15, 0.2) is 5.96 Å². The minimum absolute atomic E-state index is 0.0169. The molecule has 31 heavy (non-hydrogen) atoms. The van der Waals surface area contributed by atoms with Crippen LogP contribution >= 0.6 is 0 Å². The van der Waals surface area contributed by atoms with Gasteiger partial charge in [0, 0.05) is 32.4 Å². The van der Waals surface area contributed by atoms with Crippen LogP contribution in [-0.4, -0.2) is 59.4 Å². The summed E-state index contributed by atoms with van der Waals surface area (Å²) < 4.78 is 7.13. The number of benzene rings is 1. The van der Waals surface area contributed by atoms with Gasteiger partial charge in [0.1, 0.15) is 0 Å². The van der Waals surface area contributed by atoms with E-state index in [4.69, 9.17) is 9.73 Å². The molecular weight excluding hydrogens is 390 g/mol. The molecule has 1 aliphatic rings. The Morgan fingerprint density at radius 2 is 1.97 bits per heavy atom. The summed E-state index contributed by atoms with van der Waals surface area (Å²) in [4.78, 5) is 19.1. The van der Waals surface area contributed by atoms with Gasteiger partial charge < -0.3 is 15.0 Å². The number of rotatable bonds is 8. The quantitative estimate of drug-likeness (QED) is 0.304. The molecule has 0 radical (unpaired) electrons. The summed E-state index contributed by atoms with van der Waals surface area (Å²) in [5.74, 6) is 0.903. The molecule has 0 bridgehead atoms. The van der Waals surface area contributed by atoms with Crippen LogP contribution in [0.15, 0.2) is 41.5 Å². The fraction of sp³-hybridized carbons (Fsp3) is 0.542. The Labute approximate surface area is 185 Å². The molecule has 1 aromatic heterocycles. The highest BCUT2D eigenvalue weighted by Gasteiger charge is 2.27. The lowest BCUT2D eigenvalue weighted by Gasteiger charge is -2.33. The first-order chi connectivity index (χ1) is 15.1. The molecule has 0 atom stereocenters. The third-order valence-corrected chi connectivity index (χ3v) is 5.64. The number of piperidine rings is 1. The highest BCUT2D eigenvalue weighted by molar-refractivity contribution is 5.80. The van der Waals surface area contributed by atoms with Crippen molar-refractivity contribution in [1.82, 2.24) is 20.0 Å². The maximum absolute atomic E-state index is 12.0. The molecule has 7 heteroatoms. The molecule has 2 heterocycles. The van der Waals surface area contributed by atoms with Gasteiger partial charge in [-0.2, -0.15) is 5.10 Å². The summed E-state index contributed by atoms with van der Waals surface area (Å²) in [6, 6.07) is 10.2. The number of likely N-dealkylation sites (tertiary alicyclic amines) is 1. The van der Waals surface area contributed by atoms with Crippen LogP contribution in [0.4, 0.5) is 0 Å². The largest absolute Gasteiger partial charge is 0.466 e. The molecule has 1 aromatic carbocycles. The molecule has 1 aliphatic heterocycles. The van der Waals surface area contributed by atoms with Gasteiger partial charge in [-0.1, -0.05) is 18.2 Å². The van der Waals surface area contributed by atoms with Gasteiger partial charge in [0.25, 0.3) is 0 Å². The van der Waals surface area contributed by atoms with E-state index in [1.165, 1.54) is 5.56 Å². The molecular formula is C24H35N5O2. The number of nitrogens with zero attached hydrogens (tertiary/aromatic N) is 4. The Balaban J connectivity index is 1.52. The van der Waals surface area contributed by atoms with Crippen molar-refractivity contribution in [2.75, 3.05) is 32.8 Å². The highest BCUT2D eigenvalue weighted by Crippen LogP contribution is 2.19. The number of aliphatic imine (C=N–C) groups is 1. The number of guanidine groups is 1. The number of carbonyl (C=O) groups is 1. The van der Waals surface area contributed by atoms with Crippen LogP contribution in [0.1, 0.15) is 44.4 Å². The third-order valence-electron chi connectivity index (χ3n) is 5.64. The zero-order valence-corrected chi connectivity index (χ0v) is 19.0. The minimum atomic E-state index is -0.0597. The fourth-order valence-electron chi connectivity index (χ4n) is 3.92. The summed E-state index contributed by atoms with van der Waals surface area (Å²) in [6.45, 7) is 9.72. The summed E-state index contributed by atoms with van der Waals surface area (Å²) in [6.07, 6.45) is 5.68. The van der Waals surface area contributed by atoms with Crippen LogP contribution in [0.3, 0.4) is 0 Å². The Hall–Kier alpha value is -2.83. The topological polar surface area (TPSA) is 71.8 Å². The average Bonchev–Trinajstić information content (AvgIpc) is 3.17. The molecule has 2 aromatic rings. The van der Waals surface area contributed by atoms with Crippen LogP contribution in [0, 0.1) is 12.8 Å². The van der Waals surface area contributed by atoms with Crippen LogP contribution in [0.2, 0.25) is 0 Å². The van der Waals surface area contributed by atoms with E-state index in [1.807, 2.05) is 29.8 Å². The number of aryl methyl sites for hydroxylation is 2. The first-order valence-electron chi connectivity index (χ1n) is 11.4. The lowest BCUT2D eigenvalue weighted by Crippen LogP contribution is -2.46. The molecule has 0 unspecified atom stereocenters. The molecule has 1 saturated heterocycles. The van der Waals surface area contributed by atoms with Gasteiger partial charge in [0.05, 0.1) is 23.9 Å². The van der Waals surface area contributed by atoms with Crippen molar-refractivity contribution >= 4 is 11.9 Å². The maximum atomic E-state index is 12.0. The van der Waals surface area contributed by atoms with Crippen LogP contribution in [0.25, 0.3) is 5.69 Å². The number of nitrogens with one attached hydrogen (secondary N) is 1. The maximum Gasteiger partial charge on any atom is 0.309 e. The second kappa shape index (κ2) is 11.5. The zero-order chi connectivity index (χ0) is 22.1. The summed E-state index contributed by atoms with van der Waals surface area (Å²) >= 11 is 0. The molecule has 1 N–H and O–H groups in total. The van der Waals surface area contributed by atoms with Gasteiger partial charge in [-0.3, -0.25) is 9.79 Å². The van der Waals surface area contributed by atoms with Gasteiger partial charge in [0.2, 0.25) is 0 Å².